The van der Waals surface area contributed by atoms with Crippen molar-refractivity contribution in [3.63, 3.8) is 0 Å². The molecule has 5 nitrogen and oxygen atoms in total. The molecular formula is C14H19ClN2O3. The summed E-state index contributed by atoms with van der Waals surface area (Å²) in [5.74, 6) is 1.28. The van der Waals surface area contributed by atoms with Gasteiger partial charge in [-0.2, -0.15) is 0 Å². The van der Waals surface area contributed by atoms with Crippen molar-refractivity contribution in [3.8, 4) is 11.5 Å². The minimum atomic E-state index is 0.118. The van der Waals surface area contributed by atoms with E-state index in [0.717, 1.165) is 12.0 Å². The van der Waals surface area contributed by atoms with Crippen molar-refractivity contribution in [1.29, 1.82) is 0 Å². The Balaban J connectivity index is 2.01. The van der Waals surface area contributed by atoms with Crippen LogP contribution in [-0.4, -0.2) is 32.7 Å². The minimum Gasteiger partial charge on any atom is -0.493 e. The molecule has 0 radical (unpaired) electrons. The zero-order chi connectivity index (χ0) is 14.5. The average Bonchev–Trinajstić information content (AvgIpc) is 2.47. The van der Waals surface area contributed by atoms with Crippen LogP contribution in [0.5, 0.6) is 11.5 Å². The summed E-state index contributed by atoms with van der Waals surface area (Å²) in [6, 6.07) is 4.03. The van der Waals surface area contributed by atoms with Crippen molar-refractivity contribution in [2.24, 2.45) is 0 Å². The number of ether oxygens (including phenoxy) is 2. The lowest BCUT2D eigenvalue weighted by Gasteiger charge is -2.24. The van der Waals surface area contributed by atoms with E-state index in [-0.39, 0.29) is 11.9 Å². The van der Waals surface area contributed by atoms with Crippen molar-refractivity contribution in [3.05, 3.63) is 22.7 Å². The molecule has 1 aliphatic rings. The van der Waals surface area contributed by atoms with Crippen LogP contribution in [0.1, 0.15) is 18.4 Å². The molecule has 1 saturated heterocycles. The lowest BCUT2D eigenvalue weighted by molar-refractivity contribution is -0.122. The summed E-state index contributed by atoms with van der Waals surface area (Å²) in [5, 5.41) is 6.79. The second kappa shape index (κ2) is 6.81. The Kier molecular flexibility index (Phi) is 5.09. The van der Waals surface area contributed by atoms with Crippen molar-refractivity contribution in [2.45, 2.75) is 25.4 Å². The van der Waals surface area contributed by atoms with E-state index in [2.05, 4.69) is 10.6 Å². The van der Waals surface area contributed by atoms with E-state index in [1.807, 2.05) is 12.1 Å². The number of benzene rings is 1. The Morgan fingerprint density at radius 1 is 1.40 bits per heavy atom. The first kappa shape index (κ1) is 14.9. The largest absolute Gasteiger partial charge is 0.493 e. The number of nitrogens with one attached hydrogen (secondary N) is 2. The quantitative estimate of drug-likeness (QED) is 0.869. The lowest BCUT2D eigenvalue weighted by atomic mass is 10.1. The van der Waals surface area contributed by atoms with Gasteiger partial charge in [-0.25, -0.2) is 0 Å². The van der Waals surface area contributed by atoms with Crippen LogP contribution in [0, 0.1) is 0 Å². The Morgan fingerprint density at radius 2 is 2.20 bits per heavy atom. The summed E-state index contributed by atoms with van der Waals surface area (Å²) in [6.07, 6.45) is 1.41. The van der Waals surface area contributed by atoms with Crippen LogP contribution < -0.4 is 20.1 Å². The number of piperidine rings is 1. The van der Waals surface area contributed by atoms with Gasteiger partial charge in [0, 0.05) is 25.6 Å². The van der Waals surface area contributed by atoms with Gasteiger partial charge in [-0.05, 0) is 18.1 Å². The second-order valence-electron chi connectivity index (χ2n) is 4.69. The van der Waals surface area contributed by atoms with Gasteiger partial charge in [-0.1, -0.05) is 17.7 Å². The number of hydrogen-bond acceptors (Lipinski definition) is 4. The van der Waals surface area contributed by atoms with Crippen molar-refractivity contribution in [2.75, 3.05) is 20.8 Å². The molecule has 0 aliphatic carbocycles. The highest BCUT2D eigenvalue weighted by atomic mass is 35.5. The fourth-order valence-electron chi connectivity index (χ4n) is 2.23. The summed E-state index contributed by atoms with van der Waals surface area (Å²) in [5.41, 5.74) is 0.946. The summed E-state index contributed by atoms with van der Waals surface area (Å²) in [6.45, 7) is 1.28. The third-order valence-corrected chi connectivity index (χ3v) is 3.83. The monoisotopic (exact) mass is 298 g/mol. The van der Waals surface area contributed by atoms with E-state index < -0.39 is 0 Å². The average molecular weight is 299 g/mol. The fourth-order valence-corrected chi connectivity index (χ4v) is 2.53. The third-order valence-electron chi connectivity index (χ3n) is 3.41. The molecule has 0 spiro atoms. The maximum atomic E-state index is 11.1. The van der Waals surface area contributed by atoms with Crippen LogP contribution in [0.25, 0.3) is 0 Å². The van der Waals surface area contributed by atoms with E-state index in [0.29, 0.717) is 36.0 Å². The molecule has 0 bridgehead atoms. The van der Waals surface area contributed by atoms with Gasteiger partial charge in [0.05, 0.1) is 19.2 Å². The minimum absolute atomic E-state index is 0.118. The van der Waals surface area contributed by atoms with E-state index in [1.54, 1.807) is 14.2 Å². The number of carbonyl (C=O) groups is 1. The number of amides is 1. The maximum Gasteiger partial charge on any atom is 0.220 e. The zero-order valence-corrected chi connectivity index (χ0v) is 12.4. The van der Waals surface area contributed by atoms with Gasteiger partial charge in [0.15, 0.2) is 11.5 Å². The van der Waals surface area contributed by atoms with E-state index in [4.69, 9.17) is 21.1 Å². The first-order chi connectivity index (χ1) is 9.65. The molecule has 6 heteroatoms. The summed E-state index contributed by atoms with van der Waals surface area (Å²) < 4.78 is 10.5. The van der Waals surface area contributed by atoms with E-state index >= 15 is 0 Å². The molecule has 20 heavy (non-hydrogen) atoms. The maximum absolute atomic E-state index is 11.1. The molecule has 1 atom stereocenters. The summed E-state index contributed by atoms with van der Waals surface area (Å²) >= 11 is 6.32. The van der Waals surface area contributed by atoms with Gasteiger partial charge in [0.1, 0.15) is 0 Å². The summed E-state index contributed by atoms with van der Waals surface area (Å²) in [4.78, 5) is 11.1. The Bertz CT molecular complexity index is 484. The zero-order valence-electron chi connectivity index (χ0n) is 11.7. The van der Waals surface area contributed by atoms with Crippen molar-refractivity contribution >= 4 is 17.5 Å². The summed E-state index contributed by atoms with van der Waals surface area (Å²) in [7, 11) is 3.15. The number of halogens is 1. The molecule has 110 valence electrons. The third kappa shape index (κ3) is 3.35. The van der Waals surface area contributed by atoms with Gasteiger partial charge in [-0.3, -0.25) is 4.79 Å². The normalized spacial score (nSPS) is 18.6. The number of carbonyl (C=O) groups excluding carboxylic acids is 1. The Morgan fingerprint density at radius 3 is 2.80 bits per heavy atom. The molecular weight excluding hydrogens is 280 g/mol. The predicted molar refractivity (Wildman–Crippen MR) is 77.4 cm³/mol. The van der Waals surface area contributed by atoms with Crippen LogP contribution in [0.2, 0.25) is 5.02 Å². The molecule has 1 aromatic rings. The van der Waals surface area contributed by atoms with E-state index in [9.17, 15) is 4.79 Å². The molecule has 0 aromatic heterocycles. The van der Waals surface area contributed by atoms with E-state index in [1.165, 1.54) is 0 Å². The van der Waals surface area contributed by atoms with Crippen molar-refractivity contribution < 1.29 is 14.3 Å². The second-order valence-corrected chi connectivity index (χ2v) is 5.07. The van der Waals surface area contributed by atoms with Crippen LogP contribution in [0.3, 0.4) is 0 Å². The highest BCUT2D eigenvalue weighted by Crippen LogP contribution is 2.37. The van der Waals surface area contributed by atoms with Gasteiger partial charge in [-0.15, -0.1) is 0 Å². The molecule has 1 aromatic carbocycles. The fraction of sp³-hybridized carbons (Fsp3) is 0.500. The highest BCUT2D eigenvalue weighted by molar-refractivity contribution is 6.33. The van der Waals surface area contributed by atoms with Gasteiger partial charge < -0.3 is 20.1 Å². The number of rotatable bonds is 5. The SMILES string of the molecule is COc1ccc(CN[C@@H]2CCC(=O)NC2)c(Cl)c1OC. The number of methoxy groups -OCH3 is 2. The molecule has 2 rings (SSSR count). The standard InChI is InChI=1S/C14H19ClN2O3/c1-19-11-5-3-9(13(15)14(11)20-2)7-16-10-4-6-12(18)17-8-10/h3,5,10,16H,4,6-8H2,1-2H3,(H,17,18)/t10-/m1/s1. The number of hydrogen-bond donors (Lipinski definition) is 2. The van der Waals surface area contributed by atoms with Gasteiger partial charge in [0.25, 0.3) is 0 Å². The van der Waals surface area contributed by atoms with Gasteiger partial charge >= 0.3 is 0 Å². The molecule has 1 aliphatic heterocycles. The van der Waals surface area contributed by atoms with Crippen LogP contribution in [0.4, 0.5) is 0 Å². The topological polar surface area (TPSA) is 59.6 Å². The molecule has 0 unspecified atom stereocenters. The van der Waals surface area contributed by atoms with Crippen LogP contribution >= 0.6 is 11.6 Å². The lowest BCUT2D eigenvalue weighted by Crippen LogP contribution is -2.45. The van der Waals surface area contributed by atoms with Crippen LogP contribution in [-0.2, 0) is 11.3 Å². The smallest absolute Gasteiger partial charge is 0.220 e. The molecule has 1 amide bonds. The highest BCUT2D eigenvalue weighted by Gasteiger charge is 2.18. The first-order valence-electron chi connectivity index (χ1n) is 6.55. The van der Waals surface area contributed by atoms with Gasteiger partial charge in [0.2, 0.25) is 5.91 Å². The predicted octanol–water partition coefficient (Wildman–Crippen LogP) is 1.73. The Hall–Kier alpha value is -1.46. The molecule has 2 N–H and O–H groups in total. The molecule has 1 fully saturated rings. The van der Waals surface area contributed by atoms with Crippen LogP contribution in [0.15, 0.2) is 12.1 Å². The molecule has 0 saturated carbocycles. The molecule has 1 heterocycles. The first-order valence-corrected chi connectivity index (χ1v) is 6.93. The Labute approximate surface area is 123 Å². The van der Waals surface area contributed by atoms with Crippen molar-refractivity contribution in [1.82, 2.24) is 10.6 Å².